The molecule has 31 heavy (non-hydrogen) atoms. The molecule has 0 saturated carbocycles. The molecule has 3 aromatic carbocycles. The Morgan fingerprint density at radius 1 is 0.968 bits per heavy atom. The Morgan fingerprint density at radius 3 is 2.26 bits per heavy atom. The smallest absolute Gasteiger partial charge is 0.307 e. The first-order valence-corrected chi connectivity index (χ1v) is 10.2. The van der Waals surface area contributed by atoms with Crippen molar-refractivity contribution in [3.63, 3.8) is 0 Å². The molecule has 5 heteroatoms. The maximum atomic E-state index is 12.7. The van der Waals surface area contributed by atoms with E-state index >= 15 is 0 Å². The molecule has 1 atom stereocenters. The fraction of sp³-hybridized carbons (Fsp3) is 0.269. The summed E-state index contributed by atoms with van der Waals surface area (Å²) in [4.78, 5) is 8.00. The van der Waals surface area contributed by atoms with Crippen LogP contribution in [0.1, 0.15) is 49.9 Å². The second kappa shape index (κ2) is 13.4. The fourth-order valence-electron chi connectivity index (χ4n) is 3.00. The average molecular weight is 430 g/mol. The molecule has 1 unspecified atom stereocenters. The van der Waals surface area contributed by atoms with Crippen molar-refractivity contribution in [2.24, 2.45) is 0 Å². The summed E-state index contributed by atoms with van der Waals surface area (Å²) in [6.07, 6.45) is 0.486. The topological polar surface area (TPSA) is 29.1 Å². The van der Waals surface area contributed by atoms with E-state index in [0.717, 1.165) is 12.1 Å². The summed E-state index contributed by atoms with van der Waals surface area (Å²) >= 11 is 0. The van der Waals surface area contributed by atoms with E-state index in [9.17, 15) is 13.2 Å². The molecule has 0 aromatic heterocycles. The second-order valence-electron chi connectivity index (χ2n) is 6.93. The van der Waals surface area contributed by atoms with Gasteiger partial charge >= 0.3 is 6.18 Å². The van der Waals surface area contributed by atoms with E-state index in [1.54, 1.807) is 12.1 Å². The van der Waals surface area contributed by atoms with Gasteiger partial charge in [0.15, 0.2) is 0 Å². The number of fused-ring (bicyclic) bond motifs is 1. The molecule has 0 radical (unpaired) electrons. The summed E-state index contributed by atoms with van der Waals surface area (Å²) in [7, 11) is 0. The van der Waals surface area contributed by atoms with Gasteiger partial charge in [0.1, 0.15) is 6.79 Å². The quantitative estimate of drug-likeness (QED) is 0.456. The first-order chi connectivity index (χ1) is 14.9. The molecule has 3 aromatic rings. The van der Waals surface area contributed by atoms with Crippen LogP contribution in [0, 0.1) is 0 Å². The standard InChI is InChI=1S/C22H20F3N.C3H8.CH2O/c1-16(20-13-5-10-18-9-2-3-12-21(18)20)26-14-6-8-17-7-4-11-19(15-17)22(23,24)25;1-3-2;1-2/h2-13,15-16,26H,14H2,1H3;3H2,1-2H3;1H2/b8-6+;;. The van der Waals surface area contributed by atoms with Crippen LogP contribution in [0.2, 0.25) is 0 Å². The molecule has 0 aliphatic heterocycles. The predicted molar refractivity (Wildman–Crippen MR) is 124 cm³/mol. The number of halogens is 3. The summed E-state index contributed by atoms with van der Waals surface area (Å²) in [6, 6.07) is 19.9. The van der Waals surface area contributed by atoms with Crippen molar-refractivity contribution in [1.29, 1.82) is 0 Å². The average Bonchev–Trinajstić information content (AvgIpc) is 2.78. The van der Waals surface area contributed by atoms with E-state index in [-0.39, 0.29) is 6.04 Å². The minimum Gasteiger partial charge on any atom is -0.307 e. The number of hydrogen-bond donors (Lipinski definition) is 1. The van der Waals surface area contributed by atoms with Gasteiger partial charge in [0.2, 0.25) is 0 Å². The van der Waals surface area contributed by atoms with Crippen LogP contribution in [0.3, 0.4) is 0 Å². The van der Waals surface area contributed by atoms with Crippen LogP contribution in [-0.2, 0) is 11.0 Å². The highest BCUT2D eigenvalue weighted by atomic mass is 19.4. The number of rotatable bonds is 5. The first-order valence-electron chi connectivity index (χ1n) is 10.2. The van der Waals surface area contributed by atoms with Crippen LogP contribution in [0.15, 0.2) is 72.8 Å². The maximum absolute atomic E-state index is 12.7. The number of benzene rings is 3. The zero-order valence-corrected chi connectivity index (χ0v) is 18.2. The molecule has 2 nitrogen and oxygen atoms in total. The zero-order valence-electron chi connectivity index (χ0n) is 18.2. The molecule has 0 amide bonds. The Hall–Kier alpha value is -2.92. The maximum Gasteiger partial charge on any atom is 0.416 e. The Morgan fingerprint density at radius 2 is 1.58 bits per heavy atom. The largest absolute Gasteiger partial charge is 0.416 e. The molecule has 1 N–H and O–H groups in total. The second-order valence-corrected chi connectivity index (χ2v) is 6.93. The van der Waals surface area contributed by atoms with E-state index in [4.69, 9.17) is 4.79 Å². The van der Waals surface area contributed by atoms with Crippen LogP contribution < -0.4 is 5.32 Å². The Kier molecular flexibility index (Phi) is 11.3. The summed E-state index contributed by atoms with van der Waals surface area (Å²) in [5.41, 5.74) is 1.12. The third-order valence-corrected chi connectivity index (χ3v) is 4.36. The van der Waals surface area contributed by atoms with Gasteiger partial charge in [0, 0.05) is 12.6 Å². The Bertz CT molecular complexity index is 945. The molecule has 0 fully saturated rings. The third-order valence-electron chi connectivity index (χ3n) is 4.36. The molecule has 0 heterocycles. The molecular formula is C26H30F3NO. The summed E-state index contributed by atoms with van der Waals surface area (Å²) in [5, 5.41) is 5.80. The Balaban J connectivity index is 0.000000884. The lowest BCUT2D eigenvalue weighted by Gasteiger charge is -2.15. The minimum atomic E-state index is -4.31. The summed E-state index contributed by atoms with van der Waals surface area (Å²) in [6.45, 7) is 8.90. The number of carbonyl (C=O) groups excluding carboxylic acids is 1. The number of alkyl halides is 3. The van der Waals surface area contributed by atoms with E-state index in [1.807, 2.05) is 31.1 Å². The first kappa shape index (κ1) is 26.1. The summed E-state index contributed by atoms with van der Waals surface area (Å²) in [5.74, 6) is 0. The highest BCUT2D eigenvalue weighted by molar-refractivity contribution is 5.86. The van der Waals surface area contributed by atoms with Gasteiger partial charge in [-0.05, 0) is 41.0 Å². The molecule has 0 spiro atoms. The van der Waals surface area contributed by atoms with Crippen LogP contribution >= 0.6 is 0 Å². The molecule has 0 aliphatic rings. The SMILES string of the molecule is C=O.CC(NC/C=C/c1cccc(C(F)(F)F)c1)c1cccc2ccccc12.CCC. The van der Waals surface area contributed by atoms with E-state index in [1.165, 1.54) is 28.8 Å². The van der Waals surface area contributed by atoms with E-state index in [0.29, 0.717) is 12.1 Å². The molecular weight excluding hydrogens is 399 g/mol. The third kappa shape index (κ3) is 8.38. The fourth-order valence-corrected chi connectivity index (χ4v) is 3.00. The van der Waals surface area contributed by atoms with Gasteiger partial charge in [-0.1, -0.05) is 87.0 Å². The van der Waals surface area contributed by atoms with Gasteiger partial charge < -0.3 is 10.1 Å². The Labute approximate surface area is 182 Å². The highest BCUT2D eigenvalue weighted by Crippen LogP contribution is 2.29. The van der Waals surface area contributed by atoms with Crippen LogP contribution in [-0.4, -0.2) is 13.3 Å². The van der Waals surface area contributed by atoms with Crippen molar-refractivity contribution in [3.8, 4) is 0 Å². The predicted octanol–water partition coefficient (Wildman–Crippen LogP) is 7.45. The molecule has 0 bridgehead atoms. The lowest BCUT2D eigenvalue weighted by Crippen LogP contribution is -2.18. The van der Waals surface area contributed by atoms with Gasteiger partial charge in [-0.2, -0.15) is 13.2 Å². The number of carbonyl (C=O) groups is 1. The van der Waals surface area contributed by atoms with Crippen LogP contribution in [0.5, 0.6) is 0 Å². The van der Waals surface area contributed by atoms with Gasteiger partial charge in [-0.3, -0.25) is 0 Å². The highest BCUT2D eigenvalue weighted by Gasteiger charge is 2.30. The van der Waals surface area contributed by atoms with Gasteiger partial charge in [0.25, 0.3) is 0 Å². The molecule has 166 valence electrons. The zero-order chi connectivity index (χ0) is 23.3. The molecule has 0 aliphatic carbocycles. The number of hydrogen-bond acceptors (Lipinski definition) is 2. The van der Waals surface area contributed by atoms with Crippen molar-refractivity contribution >= 4 is 23.6 Å². The van der Waals surface area contributed by atoms with Crippen molar-refractivity contribution in [1.82, 2.24) is 5.32 Å². The van der Waals surface area contributed by atoms with Crippen molar-refractivity contribution in [2.45, 2.75) is 39.4 Å². The van der Waals surface area contributed by atoms with E-state index < -0.39 is 11.7 Å². The molecule has 3 rings (SSSR count). The number of nitrogens with one attached hydrogen (secondary N) is 1. The molecule has 0 saturated heterocycles. The summed E-state index contributed by atoms with van der Waals surface area (Å²) < 4.78 is 38.2. The minimum absolute atomic E-state index is 0.132. The lowest BCUT2D eigenvalue weighted by atomic mass is 10.00. The van der Waals surface area contributed by atoms with Crippen molar-refractivity contribution in [2.75, 3.05) is 6.54 Å². The van der Waals surface area contributed by atoms with Crippen LogP contribution in [0.25, 0.3) is 16.8 Å². The lowest BCUT2D eigenvalue weighted by molar-refractivity contribution is -0.137. The van der Waals surface area contributed by atoms with Gasteiger partial charge in [-0.25, -0.2) is 0 Å². The van der Waals surface area contributed by atoms with Crippen LogP contribution in [0.4, 0.5) is 13.2 Å². The monoisotopic (exact) mass is 429 g/mol. The van der Waals surface area contributed by atoms with Gasteiger partial charge in [0.05, 0.1) is 5.56 Å². The normalized spacial score (nSPS) is 11.9. The van der Waals surface area contributed by atoms with Gasteiger partial charge in [-0.15, -0.1) is 0 Å². The van der Waals surface area contributed by atoms with E-state index in [2.05, 4.69) is 50.4 Å². The van der Waals surface area contributed by atoms with Crippen molar-refractivity contribution in [3.05, 3.63) is 89.5 Å². The van der Waals surface area contributed by atoms with Crippen molar-refractivity contribution < 1.29 is 18.0 Å².